The third-order valence-corrected chi connectivity index (χ3v) is 4.42. The number of carbonyl (C=O) groups is 1. The van der Waals surface area contributed by atoms with Crippen molar-refractivity contribution in [1.82, 2.24) is 20.3 Å². The first-order valence-electron chi connectivity index (χ1n) is 7.23. The molecule has 0 radical (unpaired) electrons. The predicted octanol–water partition coefficient (Wildman–Crippen LogP) is 2.61. The highest BCUT2D eigenvalue weighted by molar-refractivity contribution is 5.97. The molecule has 1 N–H and O–H groups in total. The Labute approximate surface area is 118 Å². The van der Waals surface area contributed by atoms with E-state index in [-0.39, 0.29) is 5.91 Å². The van der Waals surface area contributed by atoms with E-state index < -0.39 is 0 Å². The molecule has 1 aliphatic carbocycles. The Kier molecular flexibility index (Phi) is 3.42. The summed E-state index contributed by atoms with van der Waals surface area (Å²) in [6.45, 7) is 2.29. The summed E-state index contributed by atoms with van der Waals surface area (Å²) in [4.78, 5) is 14.5. The largest absolute Gasteiger partial charge is 0.339 e. The third kappa shape index (κ3) is 2.40. The zero-order valence-corrected chi connectivity index (χ0v) is 12.0. The first-order chi connectivity index (χ1) is 9.65. The van der Waals surface area contributed by atoms with Gasteiger partial charge in [0.25, 0.3) is 5.91 Å². The number of fused-ring (bicyclic) bond motifs is 1. The Bertz CT molecular complexity index is 613. The number of aromatic nitrogens is 3. The van der Waals surface area contributed by atoms with Crippen LogP contribution in [0.5, 0.6) is 0 Å². The highest BCUT2D eigenvalue weighted by atomic mass is 16.2. The molecule has 0 bridgehead atoms. The van der Waals surface area contributed by atoms with Crippen LogP contribution in [0.3, 0.4) is 0 Å². The van der Waals surface area contributed by atoms with Crippen LogP contribution in [0.25, 0.3) is 11.0 Å². The minimum absolute atomic E-state index is 0.0782. The standard InChI is InChI=1S/C15H20N4O/c1-10-3-6-12(7-4-10)19(2)15(20)11-5-8-13-14(9-11)17-18-16-13/h5,8-10,12H,3-4,6-7H2,1-2H3,(H,16,17,18). The van der Waals surface area contributed by atoms with E-state index in [0.717, 1.165) is 29.8 Å². The molecule has 1 aromatic carbocycles. The van der Waals surface area contributed by atoms with Crippen molar-refractivity contribution in [3.63, 3.8) is 0 Å². The van der Waals surface area contributed by atoms with Crippen LogP contribution < -0.4 is 0 Å². The van der Waals surface area contributed by atoms with Gasteiger partial charge in [-0.05, 0) is 49.8 Å². The molecule has 5 heteroatoms. The van der Waals surface area contributed by atoms with E-state index in [0.29, 0.717) is 11.6 Å². The van der Waals surface area contributed by atoms with Crippen LogP contribution in [0, 0.1) is 5.92 Å². The minimum Gasteiger partial charge on any atom is -0.339 e. The molecule has 1 aliphatic rings. The number of nitrogens with one attached hydrogen (secondary N) is 1. The van der Waals surface area contributed by atoms with Crippen LogP contribution in [0.15, 0.2) is 18.2 Å². The molecule has 106 valence electrons. The summed E-state index contributed by atoms with van der Waals surface area (Å²) in [6.07, 6.45) is 4.64. The third-order valence-electron chi connectivity index (χ3n) is 4.42. The van der Waals surface area contributed by atoms with Gasteiger partial charge in [-0.25, -0.2) is 0 Å². The zero-order valence-electron chi connectivity index (χ0n) is 12.0. The van der Waals surface area contributed by atoms with Crippen molar-refractivity contribution >= 4 is 16.9 Å². The van der Waals surface area contributed by atoms with Gasteiger partial charge in [0, 0.05) is 18.7 Å². The number of H-pyrrole nitrogens is 1. The second-order valence-corrected chi connectivity index (χ2v) is 5.86. The zero-order chi connectivity index (χ0) is 14.1. The van der Waals surface area contributed by atoms with E-state index in [2.05, 4.69) is 22.3 Å². The van der Waals surface area contributed by atoms with Gasteiger partial charge in [0.15, 0.2) is 0 Å². The molecule has 1 saturated carbocycles. The van der Waals surface area contributed by atoms with E-state index in [1.807, 2.05) is 30.1 Å². The average molecular weight is 272 g/mol. The Morgan fingerprint density at radius 2 is 1.90 bits per heavy atom. The molecule has 0 aliphatic heterocycles. The van der Waals surface area contributed by atoms with E-state index in [1.54, 1.807) is 0 Å². The van der Waals surface area contributed by atoms with Crippen molar-refractivity contribution in [2.45, 2.75) is 38.6 Å². The van der Waals surface area contributed by atoms with Crippen molar-refractivity contribution in [3.05, 3.63) is 23.8 Å². The van der Waals surface area contributed by atoms with E-state index in [4.69, 9.17) is 0 Å². The summed E-state index contributed by atoms with van der Waals surface area (Å²) in [5, 5.41) is 10.6. The fraction of sp³-hybridized carbons (Fsp3) is 0.533. The molecule has 1 heterocycles. The second-order valence-electron chi connectivity index (χ2n) is 5.86. The Hall–Kier alpha value is -1.91. The maximum absolute atomic E-state index is 12.6. The number of aromatic amines is 1. The normalized spacial score (nSPS) is 22.9. The maximum atomic E-state index is 12.6. The van der Waals surface area contributed by atoms with Gasteiger partial charge in [0.2, 0.25) is 0 Å². The first kappa shape index (κ1) is 13.1. The lowest BCUT2D eigenvalue weighted by molar-refractivity contribution is 0.0679. The number of hydrogen-bond acceptors (Lipinski definition) is 3. The smallest absolute Gasteiger partial charge is 0.253 e. The Balaban J connectivity index is 1.77. The van der Waals surface area contributed by atoms with Gasteiger partial charge in [-0.15, -0.1) is 0 Å². The molecule has 0 unspecified atom stereocenters. The van der Waals surface area contributed by atoms with Crippen molar-refractivity contribution in [3.8, 4) is 0 Å². The molecule has 1 aromatic heterocycles. The Morgan fingerprint density at radius 1 is 1.20 bits per heavy atom. The van der Waals surface area contributed by atoms with Gasteiger partial charge >= 0.3 is 0 Å². The van der Waals surface area contributed by atoms with Gasteiger partial charge in [-0.1, -0.05) is 6.92 Å². The van der Waals surface area contributed by atoms with Crippen molar-refractivity contribution in [1.29, 1.82) is 0 Å². The van der Waals surface area contributed by atoms with E-state index in [1.165, 1.54) is 12.8 Å². The molecule has 0 spiro atoms. The summed E-state index contributed by atoms with van der Waals surface area (Å²) in [6, 6.07) is 5.84. The van der Waals surface area contributed by atoms with Crippen LogP contribution in [-0.4, -0.2) is 39.3 Å². The number of amides is 1. The SMILES string of the molecule is CC1CCC(N(C)C(=O)c2ccc3n[nH]nc3c2)CC1. The van der Waals surface area contributed by atoms with Crippen LogP contribution >= 0.6 is 0 Å². The molecule has 1 amide bonds. The maximum Gasteiger partial charge on any atom is 0.253 e. The Morgan fingerprint density at radius 3 is 2.65 bits per heavy atom. The van der Waals surface area contributed by atoms with E-state index >= 15 is 0 Å². The fourth-order valence-corrected chi connectivity index (χ4v) is 2.97. The quantitative estimate of drug-likeness (QED) is 0.914. The number of hydrogen-bond donors (Lipinski definition) is 1. The first-order valence-corrected chi connectivity index (χ1v) is 7.23. The number of carbonyl (C=O) groups excluding carboxylic acids is 1. The van der Waals surface area contributed by atoms with Crippen LogP contribution in [0.1, 0.15) is 43.0 Å². The van der Waals surface area contributed by atoms with Crippen LogP contribution in [0.2, 0.25) is 0 Å². The molecule has 3 rings (SSSR count). The van der Waals surface area contributed by atoms with Crippen LogP contribution in [0.4, 0.5) is 0 Å². The van der Waals surface area contributed by atoms with Crippen molar-refractivity contribution < 1.29 is 4.79 Å². The highest BCUT2D eigenvalue weighted by Gasteiger charge is 2.25. The van der Waals surface area contributed by atoms with Gasteiger partial charge in [-0.3, -0.25) is 4.79 Å². The summed E-state index contributed by atoms with van der Waals surface area (Å²) < 4.78 is 0. The van der Waals surface area contributed by atoms with Gasteiger partial charge in [0.05, 0.1) is 0 Å². The number of nitrogens with zero attached hydrogens (tertiary/aromatic N) is 3. The van der Waals surface area contributed by atoms with Crippen molar-refractivity contribution in [2.24, 2.45) is 5.92 Å². The fourth-order valence-electron chi connectivity index (χ4n) is 2.97. The molecular formula is C15H20N4O. The van der Waals surface area contributed by atoms with Gasteiger partial charge in [-0.2, -0.15) is 15.4 Å². The van der Waals surface area contributed by atoms with E-state index in [9.17, 15) is 4.79 Å². The minimum atomic E-state index is 0.0782. The van der Waals surface area contributed by atoms with Crippen LogP contribution in [-0.2, 0) is 0 Å². The molecule has 1 fully saturated rings. The molecule has 2 aromatic rings. The summed E-state index contributed by atoms with van der Waals surface area (Å²) >= 11 is 0. The summed E-state index contributed by atoms with van der Waals surface area (Å²) in [5.41, 5.74) is 2.21. The molecule has 20 heavy (non-hydrogen) atoms. The van der Waals surface area contributed by atoms with Gasteiger partial charge < -0.3 is 4.90 Å². The second kappa shape index (κ2) is 5.23. The number of benzene rings is 1. The average Bonchev–Trinajstić information content (AvgIpc) is 2.94. The lowest BCUT2D eigenvalue weighted by Gasteiger charge is -2.33. The highest BCUT2D eigenvalue weighted by Crippen LogP contribution is 2.27. The lowest BCUT2D eigenvalue weighted by Crippen LogP contribution is -2.39. The van der Waals surface area contributed by atoms with Crippen molar-refractivity contribution in [2.75, 3.05) is 7.05 Å². The molecule has 5 nitrogen and oxygen atoms in total. The molecular weight excluding hydrogens is 252 g/mol. The summed E-state index contributed by atoms with van der Waals surface area (Å²) in [5.74, 6) is 0.871. The predicted molar refractivity (Wildman–Crippen MR) is 77.4 cm³/mol. The summed E-state index contributed by atoms with van der Waals surface area (Å²) in [7, 11) is 1.91. The lowest BCUT2D eigenvalue weighted by atomic mass is 9.86. The van der Waals surface area contributed by atoms with Gasteiger partial charge in [0.1, 0.15) is 11.0 Å². The number of rotatable bonds is 2. The molecule has 0 atom stereocenters. The molecule has 0 saturated heterocycles. The topological polar surface area (TPSA) is 61.9 Å². The monoisotopic (exact) mass is 272 g/mol.